The zero-order valence-electron chi connectivity index (χ0n) is 9.10. The Balaban J connectivity index is 2.37. The third-order valence-electron chi connectivity index (χ3n) is 2.10. The Morgan fingerprint density at radius 3 is 2.56 bits per heavy atom. The Hall–Kier alpha value is -1.29. The molecule has 0 aromatic heterocycles. The Morgan fingerprint density at radius 1 is 1.25 bits per heavy atom. The molecular formula is C12H14O3S. The fourth-order valence-corrected chi connectivity index (χ4v) is 2.13. The van der Waals surface area contributed by atoms with E-state index in [2.05, 4.69) is 0 Å². The van der Waals surface area contributed by atoms with Crippen molar-refractivity contribution in [2.45, 2.75) is 24.7 Å². The molecular weight excluding hydrogens is 224 g/mol. The molecule has 0 atom stereocenters. The zero-order chi connectivity index (χ0) is 12.0. The first-order valence-corrected chi connectivity index (χ1v) is 6.00. The maximum absolute atomic E-state index is 11.3. The van der Waals surface area contributed by atoms with Crippen molar-refractivity contribution < 1.29 is 14.7 Å². The highest BCUT2D eigenvalue weighted by Gasteiger charge is 2.07. The minimum atomic E-state index is -0.922. The van der Waals surface area contributed by atoms with Crippen LogP contribution < -0.4 is 0 Å². The lowest BCUT2D eigenvalue weighted by molar-refractivity contribution is -0.138. The fraction of sp³-hybridized carbons (Fsp3) is 0.333. The summed E-state index contributed by atoms with van der Waals surface area (Å²) < 4.78 is 0. The molecule has 16 heavy (non-hydrogen) atoms. The molecule has 0 fully saturated rings. The summed E-state index contributed by atoms with van der Waals surface area (Å²) in [6, 6.07) is 7.83. The second-order valence-corrected chi connectivity index (χ2v) is 4.50. The van der Waals surface area contributed by atoms with Crippen molar-refractivity contribution in [3.63, 3.8) is 0 Å². The summed E-state index contributed by atoms with van der Waals surface area (Å²) in [5.74, 6) is -0.595. The van der Waals surface area contributed by atoms with Gasteiger partial charge >= 0.3 is 5.97 Å². The van der Waals surface area contributed by atoms with Crippen molar-refractivity contribution in [3.05, 3.63) is 29.8 Å². The van der Waals surface area contributed by atoms with Crippen LogP contribution in [0.5, 0.6) is 0 Å². The van der Waals surface area contributed by atoms with Gasteiger partial charge in [0.05, 0.1) is 12.2 Å². The van der Waals surface area contributed by atoms with E-state index in [-0.39, 0.29) is 18.6 Å². The number of carboxylic acid groups (broad SMARTS) is 1. The largest absolute Gasteiger partial charge is 0.481 e. The predicted molar refractivity (Wildman–Crippen MR) is 63.8 cm³/mol. The van der Waals surface area contributed by atoms with Gasteiger partial charge in [-0.15, -0.1) is 11.8 Å². The quantitative estimate of drug-likeness (QED) is 0.774. The molecule has 1 aromatic rings. The first-order valence-electron chi connectivity index (χ1n) is 5.01. The van der Waals surface area contributed by atoms with Crippen molar-refractivity contribution in [2.75, 3.05) is 5.75 Å². The number of aryl methyl sites for hydroxylation is 1. The number of hydrogen-bond donors (Lipinski definition) is 1. The lowest BCUT2D eigenvalue weighted by atomic mass is 10.2. The highest BCUT2D eigenvalue weighted by atomic mass is 32.2. The molecule has 1 aromatic carbocycles. The number of carbonyl (C=O) groups is 2. The molecule has 4 heteroatoms. The summed E-state index contributed by atoms with van der Waals surface area (Å²) >= 11 is 1.46. The molecule has 1 N–H and O–H groups in total. The van der Waals surface area contributed by atoms with Crippen LogP contribution in [0.4, 0.5) is 0 Å². The smallest absolute Gasteiger partial charge is 0.303 e. The predicted octanol–water partition coefficient (Wildman–Crippen LogP) is 2.52. The van der Waals surface area contributed by atoms with Crippen LogP contribution in [0.3, 0.4) is 0 Å². The first-order chi connectivity index (χ1) is 7.59. The third kappa shape index (κ3) is 4.49. The Kier molecular flexibility index (Phi) is 5.05. The summed E-state index contributed by atoms with van der Waals surface area (Å²) in [6.07, 6.45) is 0.0430. The number of carboxylic acids is 1. The van der Waals surface area contributed by atoms with Gasteiger partial charge in [-0.25, -0.2) is 0 Å². The monoisotopic (exact) mass is 238 g/mol. The van der Waals surface area contributed by atoms with Crippen molar-refractivity contribution in [3.8, 4) is 0 Å². The van der Waals surface area contributed by atoms with Gasteiger partial charge in [0.25, 0.3) is 0 Å². The Labute approximate surface area is 98.9 Å². The number of carbonyl (C=O) groups excluding carboxylic acids is 1. The van der Waals surface area contributed by atoms with Gasteiger partial charge in [0.15, 0.2) is 0 Å². The Bertz CT molecular complexity index is 388. The summed E-state index contributed by atoms with van der Waals surface area (Å²) in [5.41, 5.74) is 1.14. The number of rotatable bonds is 6. The van der Waals surface area contributed by atoms with Crippen molar-refractivity contribution in [1.29, 1.82) is 0 Å². The zero-order valence-corrected chi connectivity index (χ0v) is 9.92. The number of benzene rings is 1. The van der Waals surface area contributed by atoms with Crippen LogP contribution in [0.25, 0.3) is 0 Å². The lowest BCUT2D eigenvalue weighted by Crippen LogP contribution is -2.05. The minimum absolute atomic E-state index is 0.0179. The van der Waals surface area contributed by atoms with E-state index in [0.717, 1.165) is 10.5 Å². The van der Waals surface area contributed by atoms with Crippen LogP contribution in [0.1, 0.15) is 18.4 Å². The molecule has 0 heterocycles. The third-order valence-corrected chi connectivity index (χ3v) is 3.34. The molecule has 0 saturated heterocycles. The highest BCUT2D eigenvalue weighted by Crippen LogP contribution is 2.21. The Morgan fingerprint density at radius 2 is 1.94 bits per heavy atom. The maximum Gasteiger partial charge on any atom is 0.303 e. The van der Waals surface area contributed by atoms with Crippen LogP contribution in [-0.2, 0) is 9.59 Å². The normalized spacial score (nSPS) is 10.1. The van der Waals surface area contributed by atoms with Gasteiger partial charge in [-0.1, -0.05) is 18.2 Å². The average Bonchev–Trinajstić information content (AvgIpc) is 2.25. The molecule has 86 valence electrons. The van der Waals surface area contributed by atoms with Crippen LogP contribution in [0.15, 0.2) is 29.2 Å². The van der Waals surface area contributed by atoms with Gasteiger partial charge < -0.3 is 5.11 Å². The van der Waals surface area contributed by atoms with E-state index >= 15 is 0 Å². The molecule has 0 unspecified atom stereocenters. The number of ketones is 1. The molecule has 0 saturated carbocycles. The van der Waals surface area contributed by atoms with Gasteiger partial charge in [0, 0.05) is 11.3 Å². The average molecular weight is 238 g/mol. The number of hydrogen-bond acceptors (Lipinski definition) is 3. The molecule has 1 rings (SSSR count). The van der Waals surface area contributed by atoms with Crippen molar-refractivity contribution in [1.82, 2.24) is 0 Å². The summed E-state index contributed by atoms with van der Waals surface area (Å²) in [5, 5.41) is 8.43. The van der Waals surface area contributed by atoms with E-state index in [4.69, 9.17) is 5.11 Å². The summed E-state index contributed by atoms with van der Waals surface area (Å²) in [7, 11) is 0. The van der Waals surface area contributed by atoms with Crippen LogP contribution in [0.2, 0.25) is 0 Å². The number of aliphatic carboxylic acids is 1. The van der Waals surface area contributed by atoms with E-state index in [0.29, 0.717) is 5.75 Å². The molecule has 0 aliphatic rings. The molecule has 0 aliphatic heterocycles. The van der Waals surface area contributed by atoms with Crippen LogP contribution >= 0.6 is 11.8 Å². The second-order valence-electron chi connectivity index (χ2n) is 3.49. The highest BCUT2D eigenvalue weighted by molar-refractivity contribution is 8.00. The first kappa shape index (κ1) is 12.8. The SMILES string of the molecule is Cc1ccccc1SCC(=O)CCC(=O)O. The van der Waals surface area contributed by atoms with E-state index in [9.17, 15) is 9.59 Å². The number of thioether (sulfide) groups is 1. The number of Topliss-reactive ketones (excluding diaryl/α,β-unsaturated/α-hetero) is 1. The molecule has 0 bridgehead atoms. The van der Waals surface area contributed by atoms with Crippen molar-refractivity contribution >= 4 is 23.5 Å². The van der Waals surface area contributed by atoms with E-state index < -0.39 is 5.97 Å². The fourth-order valence-electron chi connectivity index (χ4n) is 1.20. The van der Waals surface area contributed by atoms with Gasteiger partial charge in [0.1, 0.15) is 5.78 Å². The molecule has 0 radical (unpaired) electrons. The van der Waals surface area contributed by atoms with Gasteiger partial charge in [-0.05, 0) is 18.6 Å². The van der Waals surface area contributed by atoms with Crippen molar-refractivity contribution in [2.24, 2.45) is 0 Å². The van der Waals surface area contributed by atoms with E-state index in [1.54, 1.807) is 0 Å². The van der Waals surface area contributed by atoms with Crippen LogP contribution in [0, 0.1) is 6.92 Å². The van der Waals surface area contributed by atoms with Gasteiger partial charge in [0.2, 0.25) is 0 Å². The molecule has 0 aliphatic carbocycles. The van der Waals surface area contributed by atoms with Crippen LogP contribution in [-0.4, -0.2) is 22.6 Å². The van der Waals surface area contributed by atoms with E-state index in [1.807, 2.05) is 31.2 Å². The summed E-state index contributed by atoms with van der Waals surface area (Å²) in [4.78, 5) is 22.7. The van der Waals surface area contributed by atoms with Gasteiger partial charge in [-0.3, -0.25) is 9.59 Å². The van der Waals surface area contributed by atoms with Gasteiger partial charge in [-0.2, -0.15) is 0 Å². The molecule has 3 nitrogen and oxygen atoms in total. The lowest BCUT2D eigenvalue weighted by Gasteiger charge is -2.03. The maximum atomic E-state index is 11.3. The standard InChI is InChI=1S/C12H14O3S/c1-9-4-2-3-5-11(9)16-8-10(13)6-7-12(14)15/h2-5H,6-8H2,1H3,(H,14,15). The topological polar surface area (TPSA) is 54.4 Å². The second kappa shape index (κ2) is 6.33. The summed E-state index contributed by atoms with van der Waals surface area (Å²) in [6.45, 7) is 1.99. The van der Waals surface area contributed by atoms with E-state index in [1.165, 1.54) is 11.8 Å². The molecule has 0 spiro atoms. The molecule has 0 amide bonds. The minimum Gasteiger partial charge on any atom is -0.481 e.